The summed E-state index contributed by atoms with van der Waals surface area (Å²) in [4.78, 5) is 0. The van der Waals surface area contributed by atoms with Crippen LogP contribution in [0.2, 0.25) is 0 Å². The molecule has 0 saturated heterocycles. The molecule has 0 bridgehead atoms. The molecule has 0 saturated carbocycles. The summed E-state index contributed by atoms with van der Waals surface area (Å²) in [7, 11) is 0. The van der Waals surface area contributed by atoms with Gasteiger partial charge in [0.25, 0.3) is 0 Å². The summed E-state index contributed by atoms with van der Waals surface area (Å²) >= 11 is 0. The Balaban J connectivity index is 0.00000512. The van der Waals surface area contributed by atoms with Crippen molar-refractivity contribution in [3.8, 4) is 5.75 Å². The molecule has 0 aromatic heterocycles. The van der Waals surface area contributed by atoms with Crippen molar-refractivity contribution < 1.29 is 36.2 Å². The van der Waals surface area contributed by atoms with E-state index in [1.807, 2.05) is 0 Å². The molecule has 2 rings (SSSR count). The Bertz CT molecular complexity index is 851. The third-order valence-corrected chi connectivity index (χ3v) is 4.84. The first-order valence-electron chi connectivity index (χ1n) is 9.71. The Kier molecular flexibility index (Phi) is 9.86. The Morgan fingerprint density at radius 3 is 2.00 bits per heavy atom. The Morgan fingerprint density at radius 1 is 0.875 bits per heavy atom. The number of hydrogen-bond acceptors (Lipinski definition) is 3. The first-order chi connectivity index (χ1) is 14.3. The van der Waals surface area contributed by atoms with E-state index < -0.39 is 29.0 Å². The monoisotopic (exact) mass is 485 g/mol. The lowest BCUT2D eigenvalue weighted by atomic mass is 9.94. The van der Waals surface area contributed by atoms with E-state index >= 15 is 0 Å². The Hall–Kier alpha value is -1.97. The van der Waals surface area contributed by atoms with Gasteiger partial charge in [0.2, 0.25) is 0 Å². The van der Waals surface area contributed by atoms with Crippen molar-refractivity contribution in [1.29, 1.82) is 0 Å². The molecule has 32 heavy (non-hydrogen) atoms. The lowest BCUT2D eigenvalue weighted by molar-refractivity contribution is -0.139. The van der Waals surface area contributed by atoms with E-state index in [-0.39, 0.29) is 37.8 Å². The van der Waals surface area contributed by atoms with Crippen LogP contribution in [0, 0.1) is 0 Å². The largest absolute Gasteiger partial charge is 0.493 e. The van der Waals surface area contributed by atoms with Gasteiger partial charge in [0.05, 0.1) is 24.3 Å². The maximum atomic E-state index is 13.4. The van der Waals surface area contributed by atoms with Crippen LogP contribution in [0.1, 0.15) is 42.0 Å². The zero-order valence-corrected chi connectivity index (χ0v) is 18.2. The molecule has 0 radical (unpaired) electrons. The molecule has 3 nitrogen and oxygen atoms in total. The lowest BCUT2D eigenvalue weighted by Crippen LogP contribution is -2.40. The summed E-state index contributed by atoms with van der Waals surface area (Å²) in [5, 5.41) is 9.18. The van der Waals surface area contributed by atoms with Crippen molar-refractivity contribution in [2.24, 2.45) is 5.73 Å². The number of alkyl halides is 6. The van der Waals surface area contributed by atoms with Gasteiger partial charge in [-0.05, 0) is 68.0 Å². The highest BCUT2D eigenvalue weighted by Crippen LogP contribution is 2.37. The van der Waals surface area contributed by atoms with Crippen molar-refractivity contribution in [1.82, 2.24) is 0 Å². The highest BCUT2D eigenvalue weighted by molar-refractivity contribution is 5.85. The van der Waals surface area contributed by atoms with E-state index in [4.69, 9.17) is 10.5 Å². The van der Waals surface area contributed by atoms with Gasteiger partial charge in [0.1, 0.15) is 5.75 Å². The number of halogens is 7. The second-order valence-electron chi connectivity index (χ2n) is 7.79. The highest BCUT2D eigenvalue weighted by atomic mass is 35.5. The number of nitrogens with two attached hydrogens (primary N) is 1. The quantitative estimate of drug-likeness (QED) is 0.348. The summed E-state index contributed by atoms with van der Waals surface area (Å²) in [5.74, 6) is -0.304. The summed E-state index contributed by atoms with van der Waals surface area (Å²) in [6.45, 7) is 1.32. The second kappa shape index (κ2) is 11.2. The number of ether oxygens (including phenoxy) is 1. The summed E-state index contributed by atoms with van der Waals surface area (Å²) in [6.07, 6.45) is -7.73. The summed E-state index contributed by atoms with van der Waals surface area (Å²) < 4.78 is 83.4. The number of benzene rings is 2. The molecule has 0 spiro atoms. The molecule has 0 aliphatic rings. The van der Waals surface area contributed by atoms with Crippen LogP contribution in [0.25, 0.3) is 0 Å². The molecule has 0 heterocycles. The number of aryl methyl sites for hydroxylation is 2. The predicted octanol–water partition coefficient (Wildman–Crippen LogP) is 5.80. The fraction of sp³-hybridized carbons (Fsp3) is 0.455. The fourth-order valence-corrected chi connectivity index (χ4v) is 2.91. The van der Waals surface area contributed by atoms with Gasteiger partial charge in [-0.15, -0.1) is 12.4 Å². The van der Waals surface area contributed by atoms with E-state index in [2.05, 4.69) is 0 Å². The van der Waals surface area contributed by atoms with Crippen molar-refractivity contribution in [3.63, 3.8) is 0 Å². The molecule has 3 N–H and O–H groups in total. The van der Waals surface area contributed by atoms with E-state index in [0.29, 0.717) is 30.4 Å². The molecule has 0 aliphatic carbocycles. The number of aliphatic hydroxyl groups is 1. The van der Waals surface area contributed by atoms with Crippen molar-refractivity contribution in [2.75, 3.05) is 13.2 Å². The van der Waals surface area contributed by atoms with Crippen LogP contribution >= 0.6 is 12.4 Å². The molecular formula is C22H26ClF6NO2. The minimum Gasteiger partial charge on any atom is -0.493 e. The molecule has 2 aromatic carbocycles. The molecule has 2 aromatic rings. The van der Waals surface area contributed by atoms with E-state index in [0.717, 1.165) is 18.2 Å². The third-order valence-electron chi connectivity index (χ3n) is 4.84. The summed E-state index contributed by atoms with van der Waals surface area (Å²) in [6, 6.07) is 8.42. The summed E-state index contributed by atoms with van der Waals surface area (Å²) in [5.41, 5.74) is 4.35. The normalized spacial score (nSPS) is 13.9. The van der Waals surface area contributed by atoms with Gasteiger partial charge >= 0.3 is 12.4 Å². The fourth-order valence-electron chi connectivity index (χ4n) is 2.91. The number of rotatable bonds is 9. The maximum Gasteiger partial charge on any atom is 0.419 e. The van der Waals surface area contributed by atoms with Crippen molar-refractivity contribution in [3.05, 3.63) is 64.7 Å². The molecule has 0 unspecified atom stereocenters. The first kappa shape index (κ1) is 28.1. The van der Waals surface area contributed by atoms with Gasteiger partial charge in [0, 0.05) is 5.54 Å². The zero-order valence-electron chi connectivity index (χ0n) is 17.4. The average molecular weight is 486 g/mol. The molecule has 0 fully saturated rings. The second-order valence-corrected chi connectivity index (χ2v) is 7.79. The third kappa shape index (κ3) is 8.52. The van der Waals surface area contributed by atoms with Gasteiger partial charge in [-0.3, -0.25) is 0 Å². The predicted molar refractivity (Wildman–Crippen MR) is 112 cm³/mol. The van der Waals surface area contributed by atoms with E-state index in [1.165, 1.54) is 24.3 Å². The number of hydrogen-bond donors (Lipinski definition) is 2. The van der Waals surface area contributed by atoms with Crippen LogP contribution in [0.3, 0.4) is 0 Å². The van der Waals surface area contributed by atoms with Crippen LogP contribution in [-0.4, -0.2) is 23.9 Å². The molecule has 10 heteroatoms. The Morgan fingerprint density at radius 2 is 1.47 bits per heavy atom. The molecule has 0 aliphatic heterocycles. The Labute approximate surface area is 189 Å². The van der Waals surface area contributed by atoms with Gasteiger partial charge in [0.15, 0.2) is 0 Å². The molecule has 1 atom stereocenters. The maximum absolute atomic E-state index is 13.4. The standard InChI is InChI=1S/C22H25F6NO2.ClH/c1-20(29,14-30)11-10-16-6-9-19(18(13-16)22(26,27)28)31-12-2-3-15-4-7-17(8-5-15)21(23,24)25;/h4-9,13,30H,2-3,10-12,14,29H2,1H3;1H/t20-;/m1./s1. The van der Waals surface area contributed by atoms with Gasteiger partial charge in [-0.1, -0.05) is 18.2 Å². The molecule has 0 amide bonds. The first-order valence-corrected chi connectivity index (χ1v) is 9.71. The van der Waals surface area contributed by atoms with E-state index in [9.17, 15) is 31.4 Å². The number of aliphatic hydroxyl groups excluding tert-OH is 1. The zero-order chi connectivity index (χ0) is 23.3. The van der Waals surface area contributed by atoms with Crippen LogP contribution in [0.5, 0.6) is 5.75 Å². The van der Waals surface area contributed by atoms with Gasteiger partial charge < -0.3 is 15.6 Å². The van der Waals surface area contributed by atoms with Crippen molar-refractivity contribution >= 4 is 12.4 Å². The SMILES string of the molecule is C[C@](N)(CO)CCc1ccc(OCCCc2ccc(C(F)(F)F)cc2)c(C(F)(F)F)c1.Cl. The van der Waals surface area contributed by atoms with Crippen LogP contribution in [0.15, 0.2) is 42.5 Å². The minimum atomic E-state index is -4.61. The highest BCUT2D eigenvalue weighted by Gasteiger charge is 2.35. The van der Waals surface area contributed by atoms with E-state index in [1.54, 1.807) is 6.92 Å². The topological polar surface area (TPSA) is 55.5 Å². The van der Waals surface area contributed by atoms with Gasteiger partial charge in [-0.25, -0.2) is 0 Å². The van der Waals surface area contributed by atoms with Gasteiger partial charge in [-0.2, -0.15) is 26.3 Å². The smallest absolute Gasteiger partial charge is 0.419 e. The minimum absolute atomic E-state index is 0. The van der Waals surface area contributed by atoms with Crippen molar-refractivity contribution in [2.45, 2.75) is 50.5 Å². The van der Waals surface area contributed by atoms with Crippen LogP contribution in [0.4, 0.5) is 26.3 Å². The molecule has 180 valence electrons. The average Bonchev–Trinajstić information content (AvgIpc) is 2.69. The molecular weight excluding hydrogens is 460 g/mol. The van der Waals surface area contributed by atoms with Crippen LogP contribution < -0.4 is 10.5 Å². The van der Waals surface area contributed by atoms with Crippen LogP contribution in [-0.2, 0) is 25.2 Å². The lowest BCUT2D eigenvalue weighted by Gasteiger charge is -2.22.